The Balaban J connectivity index is 1.62. The first kappa shape index (κ1) is 18.0. The van der Waals surface area contributed by atoms with Gasteiger partial charge < -0.3 is 4.74 Å². The van der Waals surface area contributed by atoms with Gasteiger partial charge in [0.2, 0.25) is 5.13 Å². The first-order valence-corrected chi connectivity index (χ1v) is 8.86. The zero-order valence-corrected chi connectivity index (χ0v) is 15.2. The van der Waals surface area contributed by atoms with Gasteiger partial charge >= 0.3 is 0 Å². The van der Waals surface area contributed by atoms with Crippen LogP contribution in [0.3, 0.4) is 0 Å². The smallest absolute Gasteiger partial charge is 0.269 e. The molecule has 1 amide bonds. The summed E-state index contributed by atoms with van der Waals surface area (Å²) in [5.41, 5.74) is -0.0233. The van der Waals surface area contributed by atoms with Crippen molar-refractivity contribution in [3.05, 3.63) is 71.0 Å². The van der Waals surface area contributed by atoms with Crippen molar-refractivity contribution >= 4 is 22.4 Å². The third-order valence-corrected chi connectivity index (χ3v) is 4.46. The molecule has 0 aliphatic carbocycles. The molecule has 0 unspecified atom stereocenters. The molecule has 0 fully saturated rings. The average molecular weight is 371 g/mol. The second-order valence-electron chi connectivity index (χ2n) is 6.18. The van der Waals surface area contributed by atoms with Crippen LogP contribution in [0.1, 0.15) is 24.4 Å². The first-order valence-electron chi connectivity index (χ1n) is 8.05. The molecule has 0 radical (unpaired) electrons. The van der Waals surface area contributed by atoms with E-state index >= 15 is 0 Å². The Kier molecular flexibility index (Phi) is 5.27. The van der Waals surface area contributed by atoms with Gasteiger partial charge in [-0.3, -0.25) is 10.1 Å². The summed E-state index contributed by atoms with van der Waals surface area (Å²) >= 11 is 1.32. The van der Waals surface area contributed by atoms with E-state index in [1.165, 1.54) is 35.6 Å². The quantitative estimate of drug-likeness (QED) is 0.710. The van der Waals surface area contributed by atoms with E-state index in [1.807, 2.05) is 30.3 Å². The number of anilines is 1. The molecule has 1 N–H and O–H groups in total. The third kappa shape index (κ3) is 4.64. The number of halogens is 1. The maximum atomic E-state index is 13.0. The molecule has 1 aromatic heterocycles. The van der Waals surface area contributed by atoms with Gasteiger partial charge in [-0.2, -0.15) is 0 Å². The number of rotatable bonds is 6. The maximum Gasteiger partial charge on any atom is 0.269 e. The van der Waals surface area contributed by atoms with Gasteiger partial charge in [0.15, 0.2) is 5.60 Å². The summed E-state index contributed by atoms with van der Waals surface area (Å²) in [6.07, 6.45) is 0.657. The molecular weight excluding hydrogens is 353 g/mol. The zero-order chi connectivity index (χ0) is 18.6. The predicted molar refractivity (Wildman–Crippen MR) is 98.9 cm³/mol. The minimum Gasteiger partial charge on any atom is -0.478 e. The van der Waals surface area contributed by atoms with Crippen molar-refractivity contribution in [2.45, 2.75) is 25.9 Å². The number of amides is 1. The highest BCUT2D eigenvalue weighted by Crippen LogP contribution is 2.23. The fourth-order valence-corrected chi connectivity index (χ4v) is 3.01. The maximum absolute atomic E-state index is 13.0. The molecule has 0 bridgehead atoms. The molecule has 134 valence electrons. The predicted octanol–water partition coefficient (Wildman–Crippen LogP) is 4.06. The molecule has 0 atom stereocenters. The second kappa shape index (κ2) is 7.61. The Bertz CT molecular complexity index is 879. The summed E-state index contributed by atoms with van der Waals surface area (Å²) in [5, 5.41) is 12.1. The normalized spacial score (nSPS) is 11.2. The lowest BCUT2D eigenvalue weighted by molar-refractivity contribution is -0.128. The number of nitrogens with one attached hydrogen (secondary N) is 1. The van der Waals surface area contributed by atoms with Crippen molar-refractivity contribution in [1.29, 1.82) is 0 Å². The molecule has 2 aromatic carbocycles. The summed E-state index contributed by atoms with van der Waals surface area (Å²) < 4.78 is 18.6. The van der Waals surface area contributed by atoms with Crippen LogP contribution in [0.15, 0.2) is 54.6 Å². The highest BCUT2D eigenvalue weighted by molar-refractivity contribution is 7.15. The Morgan fingerprint density at radius 1 is 1.12 bits per heavy atom. The minimum atomic E-state index is -1.15. The lowest BCUT2D eigenvalue weighted by Gasteiger charge is -2.24. The summed E-state index contributed by atoms with van der Waals surface area (Å²) in [5.74, 6) is -0.308. The molecule has 3 rings (SSSR count). The van der Waals surface area contributed by atoms with Gasteiger partial charge in [0.25, 0.3) is 5.91 Å². The summed E-state index contributed by atoms with van der Waals surface area (Å²) in [4.78, 5) is 12.5. The van der Waals surface area contributed by atoms with Crippen LogP contribution >= 0.6 is 11.3 Å². The van der Waals surface area contributed by atoms with E-state index in [4.69, 9.17) is 4.74 Å². The highest BCUT2D eigenvalue weighted by atomic mass is 32.1. The third-order valence-electron chi connectivity index (χ3n) is 3.62. The van der Waals surface area contributed by atoms with E-state index in [1.54, 1.807) is 13.8 Å². The van der Waals surface area contributed by atoms with E-state index in [0.717, 1.165) is 10.6 Å². The Labute approximate surface area is 154 Å². The van der Waals surface area contributed by atoms with Crippen molar-refractivity contribution in [3.8, 4) is 5.75 Å². The second-order valence-corrected chi connectivity index (χ2v) is 7.25. The van der Waals surface area contributed by atoms with E-state index in [0.29, 0.717) is 17.3 Å². The van der Waals surface area contributed by atoms with E-state index < -0.39 is 5.60 Å². The number of aromatic nitrogens is 2. The lowest BCUT2D eigenvalue weighted by Crippen LogP contribution is -2.42. The number of benzene rings is 2. The van der Waals surface area contributed by atoms with Gasteiger partial charge in [-0.1, -0.05) is 41.7 Å². The topological polar surface area (TPSA) is 64.1 Å². The van der Waals surface area contributed by atoms with Crippen molar-refractivity contribution in [2.75, 3.05) is 5.32 Å². The van der Waals surface area contributed by atoms with Crippen molar-refractivity contribution in [1.82, 2.24) is 10.2 Å². The number of carbonyl (C=O) groups is 1. The molecule has 26 heavy (non-hydrogen) atoms. The fraction of sp³-hybridized carbons (Fsp3) is 0.211. The molecule has 7 heteroatoms. The molecule has 3 aromatic rings. The van der Waals surface area contributed by atoms with Crippen molar-refractivity contribution < 1.29 is 13.9 Å². The molecule has 5 nitrogen and oxygen atoms in total. The summed E-state index contributed by atoms with van der Waals surface area (Å²) in [6, 6.07) is 15.4. The Hall–Kier alpha value is -2.80. The van der Waals surface area contributed by atoms with Gasteiger partial charge in [0, 0.05) is 6.42 Å². The van der Waals surface area contributed by atoms with Crippen molar-refractivity contribution in [2.24, 2.45) is 0 Å². The van der Waals surface area contributed by atoms with Crippen LogP contribution in [0, 0.1) is 5.82 Å². The monoisotopic (exact) mass is 371 g/mol. The first-order chi connectivity index (χ1) is 12.4. The van der Waals surface area contributed by atoms with Crippen LogP contribution < -0.4 is 10.1 Å². The Morgan fingerprint density at radius 3 is 2.50 bits per heavy atom. The molecule has 0 saturated carbocycles. The van der Waals surface area contributed by atoms with Gasteiger partial charge in [0.1, 0.15) is 16.6 Å². The summed E-state index contributed by atoms with van der Waals surface area (Å²) in [7, 11) is 0. The van der Waals surface area contributed by atoms with Crippen molar-refractivity contribution in [3.63, 3.8) is 0 Å². The van der Waals surface area contributed by atoms with Crippen LogP contribution in [-0.2, 0) is 11.2 Å². The van der Waals surface area contributed by atoms with Crippen LogP contribution in [0.5, 0.6) is 5.75 Å². The van der Waals surface area contributed by atoms with Gasteiger partial charge in [0.05, 0.1) is 0 Å². The number of carbonyl (C=O) groups excluding carboxylic acids is 1. The van der Waals surface area contributed by atoms with E-state index in [-0.39, 0.29) is 11.7 Å². The number of hydrogen-bond donors (Lipinski definition) is 1. The number of hydrogen-bond acceptors (Lipinski definition) is 5. The fourth-order valence-electron chi connectivity index (χ4n) is 2.24. The molecule has 0 aliphatic heterocycles. The van der Waals surface area contributed by atoms with E-state index in [2.05, 4.69) is 15.5 Å². The van der Waals surface area contributed by atoms with Gasteiger partial charge in [-0.25, -0.2) is 4.39 Å². The largest absolute Gasteiger partial charge is 0.478 e. The zero-order valence-electron chi connectivity index (χ0n) is 14.4. The average Bonchev–Trinajstić information content (AvgIpc) is 3.04. The molecule has 0 saturated heterocycles. The standard InChI is InChI=1S/C19H18FN3O2S/c1-19(2,25-15-10-8-14(20)9-11-15)17(24)21-18-23-22-16(26-18)12-13-6-4-3-5-7-13/h3-11H,12H2,1-2H3,(H,21,23,24). The van der Waals surface area contributed by atoms with Gasteiger partial charge in [-0.05, 0) is 43.7 Å². The molecule has 0 spiro atoms. The van der Waals surface area contributed by atoms with E-state index in [9.17, 15) is 9.18 Å². The van der Waals surface area contributed by atoms with Crippen LogP contribution in [-0.4, -0.2) is 21.7 Å². The van der Waals surface area contributed by atoms with Gasteiger partial charge in [-0.15, -0.1) is 10.2 Å². The van der Waals surface area contributed by atoms with Crippen LogP contribution in [0.2, 0.25) is 0 Å². The SMILES string of the molecule is CC(C)(Oc1ccc(F)cc1)C(=O)Nc1nnc(Cc2ccccc2)s1. The van der Waals surface area contributed by atoms with Crippen LogP contribution in [0.4, 0.5) is 9.52 Å². The number of ether oxygens (including phenoxy) is 1. The number of nitrogens with zero attached hydrogens (tertiary/aromatic N) is 2. The Morgan fingerprint density at radius 2 is 1.81 bits per heavy atom. The van der Waals surface area contributed by atoms with Crippen LogP contribution in [0.25, 0.3) is 0 Å². The molecule has 0 aliphatic rings. The molecule has 1 heterocycles. The lowest BCUT2D eigenvalue weighted by atomic mass is 10.1. The highest BCUT2D eigenvalue weighted by Gasteiger charge is 2.31. The molecular formula is C19H18FN3O2S. The summed E-state index contributed by atoms with van der Waals surface area (Å²) in [6.45, 7) is 3.27. The minimum absolute atomic E-state index is 0.357.